The maximum Gasteiger partial charge on any atom is 0.336 e. The first-order chi connectivity index (χ1) is 14.2. The number of ether oxygens (including phenoxy) is 2. The molecule has 0 saturated carbocycles. The Morgan fingerprint density at radius 3 is 2.07 bits per heavy atom. The first-order valence-electron chi connectivity index (χ1n) is 9.06. The van der Waals surface area contributed by atoms with Crippen LogP contribution in [0.2, 0.25) is 0 Å². The van der Waals surface area contributed by atoms with Gasteiger partial charge >= 0.3 is 5.97 Å². The smallest absolute Gasteiger partial charge is 0.336 e. The topological polar surface area (TPSA) is 52.6 Å². The Morgan fingerprint density at radius 2 is 1.38 bits per heavy atom. The third-order valence-electron chi connectivity index (χ3n) is 4.10. The maximum atomic E-state index is 12.2. The van der Waals surface area contributed by atoms with Crippen LogP contribution in [-0.4, -0.2) is 18.9 Å². The van der Waals surface area contributed by atoms with Crippen molar-refractivity contribution in [3.8, 4) is 11.5 Å². The molecule has 0 heterocycles. The lowest BCUT2D eigenvalue weighted by Crippen LogP contribution is -2.05. The van der Waals surface area contributed by atoms with Gasteiger partial charge in [0.15, 0.2) is 17.3 Å². The highest BCUT2D eigenvalue weighted by molar-refractivity contribution is 6.06. The molecular weight excluding hydrogens is 364 g/mol. The molecule has 0 fully saturated rings. The third-order valence-corrected chi connectivity index (χ3v) is 4.10. The Balaban J connectivity index is 1.68. The van der Waals surface area contributed by atoms with Crippen LogP contribution in [0.25, 0.3) is 12.2 Å². The van der Waals surface area contributed by atoms with Gasteiger partial charge in [0.25, 0.3) is 0 Å². The van der Waals surface area contributed by atoms with Crippen molar-refractivity contribution in [3.05, 3.63) is 108 Å². The van der Waals surface area contributed by atoms with E-state index in [-0.39, 0.29) is 5.78 Å². The SMILES string of the molecule is COc1cc(C=CC(=O)c2ccccc2)ccc1OC(=O)C=Cc1ccccc1. The summed E-state index contributed by atoms with van der Waals surface area (Å²) in [6.45, 7) is 0. The second-order valence-electron chi connectivity index (χ2n) is 6.14. The average molecular weight is 384 g/mol. The van der Waals surface area contributed by atoms with E-state index < -0.39 is 5.97 Å². The minimum absolute atomic E-state index is 0.0916. The van der Waals surface area contributed by atoms with Crippen molar-refractivity contribution in [1.29, 1.82) is 0 Å². The number of hydrogen-bond acceptors (Lipinski definition) is 4. The van der Waals surface area contributed by atoms with Gasteiger partial charge in [-0.1, -0.05) is 72.8 Å². The standard InChI is InChI=1S/C25H20O4/c1-28-24-18-20(12-15-22(26)21-10-6-3-7-11-21)13-16-23(24)29-25(27)17-14-19-8-4-2-5-9-19/h2-18H,1H3. The summed E-state index contributed by atoms with van der Waals surface area (Å²) in [5.74, 6) is 0.114. The van der Waals surface area contributed by atoms with Crippen molar-refractivity contribution in [3.63, 3.8) is 0 Å². The Hall–Kier alpha value is -3.92. The molecule has 29 heavy (non-hydrogen) atoms. The van der Waals surface area contributed by atoms with Crippen molar-refractivity contribution in [2.75, 3.05) is 7.11 Å². The number of allylic oxidation sites excluding steroid dienone is 1. The summed E-state index contributed by atoms with van der Waals surface area (Å²) in [4.78, 5) is 24.3. The summed E-state index contributed by atoms with van der Waals surface area (Å²) in [6.07, 6.45) is 6.24. The van der Waals surface area contributed by atoms with Gasteiger partial charge in [0.2, 0.25) is 0 Å². The first kappa shape index (κ1) is 19.8. The summed E-state index contributed by atoms with van der Waals surface area (Å²) >= 11 is 0. The molecule has 0 aromatic heterocycles. The number of methoxy groups -OCH3 is 1. The van der Waals surface area contributed by atoms with E-state index >= 15 is 0 Å². The van der Waals surface area contributed by atoms with E-state index in [2.05, 4.69) is 0 Å². The van der Waals surface area contributed by atoms with Crippen LogP contribution in [0.5, 0.6) is 11.5 Å². The van der Waals surface area contributed by atoms with Crippen LogP contribution in [0.15, 0.2) is 91.0 Å². The van der Waals surface area contributed by atoms with Crippen molar-refractivity contribution in [2.24, 2.45) is 0 Å². The summed E-state index contributed by atoms with van der Waals surface area (Å²) in [5, 5.41) is 0. The van der Waals surface area contributed by atoms with Crippen LogP contribution in [0.1, 0.15) is 21.5 Å². The van der Waals surface area contributed by atoms with Crippen molar-refractivity contribution >= 4 is 23.9 Å². The summed E-state index contributed by atoms with van der Waals surface area (Å²) in [5.41, 5.74) is 2.28. The molecule has 0 bridgehead atoms. The lowest BCUT2D eigenvalue weighted by molar-refractivity contribution is -0.129. The number of hydrogen-bond donors (Lipinski definition) is 0. The molecular formula is C25H20O4. The van der Waals surface area contributed by atoms with Crippen LogP contribution >= 0.6 is 0 Å². The molecule has 4 nitrogen and oxygen atoms in total. The van der Waals surface area contributed by atoms with Gasteiger partial charge in [-0.25, -0.2) is 4.79 Å². The Morgan fingerprint density at radius 1 is 0.724 bits per heavy atom. The summed E-state index contributed by atoms with van der Waals surface area (Å²) in [6, 6.07) is 23.6. The Labute approximate surface area is 169 Å². The van der Waals surface area contributed by atoms with Gasteiger partial charge in [-0.2, -0.15) is 0 Å². The van der Waals surface area contributed by atoms with Gasteiger partial charge in [-0.3, -0.25) is 4.79 Å². The fraction of sp³-hybridized carbons (Fsp3) is 0.0400. The van der Waals surface area contributed by atoms with Crippen molar-refractivity contribution in [2.45, 2.75) is 0 Å². The lowest BCUT2D eigenvalue weighted by atomic mass is 10.1. The summed E-state index contributed by atoms with van der Waals surface area (Å²) in [7, 11) is 1.50. The molecule has 4 heteroatoms. The van der Waals surface area contributed by atoms with Crippen LogP contribution in [0.3, 0.4) is 0 Å². The van der Waals surface area contributed by atoms with E-state index in [9.17, 15) is 9.59 Å². The van der Waals surface area contributed by atoms with E-state index in [1.165, 1.54) is 19.3 Å². The fourth-order valence-corrected chi connectivity index (χ4v) is 2.61. The zero-order valence-electron chi connectivity index (χ0n) is 15.9. The summed E-state index contributed by atoms with van der Waals surface area (Å²) < 4.78 is 10.7. The lowest BCUT2D eigenvalue weighted by Gasteiger charge is -2.08. The van der Waals surface area contributed by atoms with E-state index in [1.807, 2.05) is 48.5 Å². The van der Waals surface area contributed by atoms with Gasteiger partial charge < -0.3 is 9.47 Å². The molecule has 0 atom stereocenters. The normalized spacial score (nSPS) is 10.9. The van der Waals surface area contributed by atoms with Gasteiger partial charge in [-0.15, -0.1) is 0 Å². The molecule has 3 aromatic carbocycles. The second kappa shape index (κ2) is 9.85. The zero-order chi connectivity index (χ0) is 20.5. The second-order valence-corrected chi connectivity index (χ2v) is 6.14. The fourth-order valence-electron chi connectivity index (χ4n) is 2.61. The van der Waals surface area contributed by atoms with E-state index in [0.717, 1.165) is 11.1 Å². The Kier molecular flexibility index (Phi) is 6.74. The molecule has 144 valence electrons. The molecule has 0 spiro atoms. The van der Waals surface area contributed by atoms with Crippen molar-refractivity contribution < 1.29 is 19.1 Å². The predicted octanol–water partition coefficient (Wildman–Crippen LogP) is 5.21. The first-order valence-corrected chi connectivity index (χ1v) is 9.06. The highest BCUT2D eigenvalue weighted by Crippen LogP contribution is 2.29. The predicted molar refractivity (Wildman–Crippen MR) is 114 cm³/mol. The quantitative estimate of drug-likeness (QED) is 0.243. The minimum Gasteiger partial charge on any atom is -0.493 e. The van der Waals surface area contributed by atoms with Crippen molar-refractivity contribution in [1.82, 2.24) is 0 Å². The number of rotatable bonds is 7. The van der Waals surface area contributed by atoms with Gasteiger partial charge in [0.05, 0.1) is 7.11 Å². The highest BCUT2D eigenvalue weighted by atomic mass is 16.6. The van der Waals surface area contributed by atoms with Gasteiger partial charge in [0.1, 0.15) is 0 Å². The van der Waals surface area contributed by atoms with Gasteiger partial charge in [-0.05, 0) is 35.4 Å². The molecule has 0 radical (unpaired) electrons. The zero-order valence-corrected chi connectivity index (χ0v) is 15.9. The van der Waals surface area contributed by atoms with E-state index in [1.54, 1.807) is 42.5 Å². The van der Waals surface area contributed by atoms with Crippen LogP contribution < -0.4 is 9.47 Å². The molecule has 0 N–H and O–H groups in total. The largest absolute Gasteiger partial charge is 0.493 e. The molecule has 0 unspecified atom stereocenters. The Bertz CT molecular complexity index is 1030. The minimum atomic E-state index is -0.505. The monoisotopic (exact) mass is 384 g/mol. The number of carbonyl (C=O) groups is 2. The van der Waals surface area contributed by atoms with Gasteiger partial charge in [0, 0.05) is 11.6 Å². The number of benzene rings is 3. The van der Waals surface area contributed by atoms with Crippen LogP contribution in [0, 0.1) is 0 Å². The maximum absolute atomic E-state index is 12.2. The molecule has 3 rings (SSSR count). The molecule has 0 aliphatic carbocycles. The third kappa shape index (κ3) is 5.78. The highest BCUT2D eigenvalue weighted by Gasteiger charge is 2.09. The molecule has 3 aromatic rings. The molecule has 0 saturated heterocycles. The number of ketones is 1. The van der Waals surface area contributed by atoms with E-state index in [4.69, 9.17) is 9.47 Å². The molecule has 0 amide bonds. The number of carbonyl (C=O) groups excluding carboxylic acids is 2. The van der Waals surface area contributed by atoms with Crippen LogP contribution in [0.4, 0.5) is 0 Å². The molecule has 0 aliphatic heterocycles. The van der Waals surface area contributed by atoms with Crippen LogP contribution in [-0.2, 0) is 4.79 Å². The van der Waals surface area contributed by atoms with E-state index in [0.29, 0.717) is 17.1 Å². The number of esters is 1. The average Bonchev–Trinajstić information content (AvgIpc) is 2.78. The molecule has 0 aliphatic rings.